The zero-order chi connectivity index (χ0) is 14.9. The molecular formula is C14H17BrN2O3. The Labute approximate surface area is 126 Å². The summed E-state index contributed by atoms with van der Waals surface area (Å²) in [7, 11) is 0. The third-order valence-electron chi connectivity index (χ3n) is 4.01. The lowest BCUT2D eigenvalue weighted by Crippen LogP contribution is -2.42. The average molecular weight is 341 g/mol. The van der Waals surface area contributed by atoms with Gasteiger partial charge in [0.15, 0.2) is 0 Å². The first kappa shape index (κ1) is 15.0. The molecule has 1 aliphatic rings. The second-order valence-corrected chi connectivity index (χ2v) is 6.27. The molecule has 1 aliphatic heterocycles. The van der Waals surface area contributed by atoms with Crippen molar-refractivity contribution in [2.45, 2.75) is 20.3 Å². The van der Waals surface area contributed by atoms with Gasteiger partial charge in [0.1, 0.15) is 0 Å². The van der Waals surface area contributed by atoms with Crippen molar-refractivity contribution >= 4 is 27.5 Å². The van der Waals surface area contributed by atoms with Gasteiger partial charge in [-0.25, -0.2) is 0 Å². The summed E-state index contributed by atoms with van der Waals surface area (Å²) in [4.78, 5) is 24.6. The lowest BCUT2D eigenvalue weighted by Gasteiger charge is -2.35. The molecule has 1 aromatic rings. The van der Waals surface area contributed by atoms with Gasteiger partial charge in [-0.3, -0.25) is 14.9 Å². The van der Waals surface area contributed by atoms with Gasteiger partial charge in [-0.05, 0) is 40.3 Å². The van der Waals surface area contributed by atoms with Crippen molar-refractivity contribution in [3.8, 4) is 0 Å². The number of benzene rings is 1. The van der Waals surface area contributed by atoms with E-state index in [2.05, 4.69) is 29.8 Å². The molecule has 6 heteroatoms. The molecule has 1 amide bonds. The lowest BCUT2D eigenvalue weighted by atomic mass is 9.88. The summed E-state index contributed by atoms with van der Waals surface area (Å²) < 4.78 is 0.597. The highest BCUT2D eigenvalue weighted by Gasteiger charge is 2.28. The molecule has 2 atom stereocenters. The summed E-state index contributed by atoms with van der Waals surface area (Å²) in [6, 6.07) is 4.29. The Morgan fingerprint density at radius 1 is 1.40 bits per heavy atom. The number of non-ortho nitro benzene ring substituents is 1. The minimum Gasteiger partial charge on any atom is -0.338 e. The average Bonchev–Trinajstić information content (AvgIpc) is 2.41. The first-order valence-corrected chi connectivity index (χ1v) is 7.42. The third-order valence-corrected chi connectivity index (χ3v) is 4.70. The molecule has 0 bridgehead atoms. The molecule has 1 fully saturated rings. The van der Waals surface area contributed by atoms with E-state index in [1.54, 1.807) is 11.0 Å². The maximum Gasteiger partial charge on any atom is 0.270 e. The van der Waals surface area contributed by atoms with E-state index in [0.717, 1.165) is 6.42 Å². The molecule has 0 N–H and O–H groups in total. The van der Waals surface area contributed by atoms with Crippen LogP contribution in [0.15, 0.2) is 22.7 Å². The number of carbonyl (C=O) groups excluding carboxylic acids is 1. The van der Waals surface area contributed by atoms with Gasteiger partial charge < -0.3 is 4.90 Å². The summed E-state index contributed by atoms with van der Waals surface area (Å²) in [6.45, 7) is 5.73. The second kappa shape index (κ2) is 5.91. The molecule has 108 valence electrons. The smallest absolute Gasteiger partial charge is 0.270 e. The minimum atomic E-state index is -0.482. The Balaban J connectivity index is 2.25. The fourth-order valence-electron chi connectivity index (χ4n) is 2.41. The second-order valence-electron chi connectivity index (χ2n) is 5.42. The highest BCUT2D eigenvalue weighted by molar-refractivity contribution is 9.10. The van der Waals surface area contributed by atoms with E-state index in [0.29, 0.717) is 35.0 Å². The number of nitrogens with zero attached hydrogens (tertiary/aromatic N) is 2. The Hall–Kier alpha value is -1.43. The first-order chi connectivity index (χ1) is 9.40. The first-order valence-electron chi connectivity index (χ1n) is 6.63. The van der Waals surface area contributed by atoms with Crippen molar-refractivity contribution in [3.05, 3.63) is 38.3 Å². The van der Waals surface area contributed by atoms with Crippen LogP contribution in [0.25, 0.3) is 0 Å². The number of likely N-dealkylation sites (tertiary alicyclic amines) is 1. The number of nitro benzene ring substituents is 1. The summed E-state index contributed by atoms with van der Waals surface area (Å²) in [5, 5.41) is 10.8. The molecule has 1 saturated heterocycles. The summed E-state index contributed by atoms with van der Waals surface area (Å²) in [5.41, 5.74) is 0.302. The molecule has 1 heterocycles. The van der Waals surface area contributed by atoms with Crippen LogP contribution in [-0.4, -0.2) is 28.8 Å². The van der Waals surface area contributed by atoms with E-state index in [9.17, 15) is 14.9 Å². The Morgan fingerprint density at radius 3 is 2.70 bits per heavy atom. The fourth-order valence-corrected chi connectivity index (χ4v) is 2.82. The van der Waals surface area contributed by atoms with Crippen LogP contribution in [0.3, 0.4) is 0 Å². The zero-order valence-electron chi connectivity index (χ0n) is 11.5. The van der Waals surface area contributed by atoms with E-state index in [1.807, 2.05) is 0 Å². The van der Waals surface area contributed by atoms with Gasteiger partial charge in [-0.1, -0.05) is 13.8 Å². The van der Waals surface area contributed by atoms with E-state index >= 15 is 0 Å². The predicted molar refractivity (Wildman–Crippen MR) is 79.6 cm³/mol. The molecule has 20 heavy (non-hydrogen) atoms. The highest BCUT2D eigenvalue weighted by atomic mass is 79.9. The molecular weight excluding hydrogens is 324 g/mol. The van der Waals surface area contributed by atoms with Crippen molar-refractivity contribution < 1.29 is 9.72 Å². The number of hydrogen-bond donors (Lipinski definition) is 0. The van der Waals surface area contributed by atoms with Crippen LogP contribution >= 0.6 is 15.9 Å². The molecule has 0 aliphatic carbocycles. The monoisotopic (exact) mass is 340 g/mol. The predicted octanol–water partition coefficient (Wildman–Crippen LogP) is 3.48. The van der Waals surface area contributed by atoms with Crippen molar-refractivity contribution in [1.82, 2.24) is 4.90 Å². The molecule has 2 unspecified atom stereocenters. The largest absolute Gasteiger partial charge is 0.338 e. The Kier molecular flexibility index (Phi) is 4.42. The number of halogens is 1. The number of amides is 1. The fraction of sp³-hybridized carbons (Fsp3) is 0.500. The molecule has 0 saturated carbocycles. The van der Waals surface area contributed by atoms with Gasteiger partial charge in [0.2, 0.25) is 0 Å². The number of rotatable bonds is 2. The number of nitro groups is 1. The number of piperidine rings is 1. The van der Waals surface area contributed by atoms with E-state index in [1.165, 1.54) is 12.1 Å². The van der Waals surface area contributed by atoms with E-state index < -0.39 is 4.92 Å². The summed E-state index contributed by atoms with van der Waals surface area (Å²) in [6.07, 6.45) is 0.972. The van der Waals surface area contributed by atoms with Crippen LogP contribution in [-0.2, 0) is 0 Å². The summed E-state index contributed by atoms with van der Waals surface area (Å²) >= 11 is 3.30. The van der Waals surface area contributed by atoms with Gasteiger partial charge in [0.05, 0.1) is 10.5 Å². The third kappa shape index (κ3) is 3.00. The normalized spacial score (nSPS) is 22.6. The van der Waals surface area contributed by atoms with Gasteiger partial charge in [0, 0.05) is 29.7 Å². The lowest BCUT2D eigenvalue weighted by molar-refractivity contribution is -0.384. The minimum absolute atomic E-state index is 0.0602. The standard InChI is InChI=1S/C14H17BrN2O3/c1-9-5-6-16(8-10(9)2)14(18)12-7-11(17(19)20)3-4-13(12)15/h3-4,7,9-10H,5-6,8H2,1-2H3. The molecule has 1 aromatic carbocycles. The topological polar surface area (TPSA) is 63.5 Å². The number of carbonyl (C=O) groups is 1. The van der Waals surface area contributed by atoms with Crippen molar-refractivity contribution in [2.75, 3.05) is 13.1 Å². The molecule has 0 spiro atoms. The van der Waals surface area contributed by atoms with Crippen LogP contribution in [0.4, 0.5) is 5.69 Å². The van der Waals surface area contributed by atoms with Crippen molar-refractivity contribution in [3.63, 3.8) is 0 Å². The quantitative estimate of drug-likeness (QED) is 0.611. The SMILES string of the molecule is CC1CCN(C(=O)c2cc([N+](=O)[O-])ccc2Br)CC1C. The van der Waals surface area contributed by atoms with Gasteiger partial charge >= 0.3 is 0 Å². The summed E-state index contributed by atoms with van der Waals surface area (Å²) in [5.74, 6) is 0.914. The maximum atomic E-state index is 12.5. The zero-order valence-corrected chi connectivity index (χ0v) is 13.1. The Morgan fingerprint density at radius 2 is 2.10 bits per heavy atom. The van der Waals surface area contributed by atoms with Crippen LogP contribution in [0.2, 0.25) is 0 Å². The van der Waals surface area contributed by atoms with Crippen molar-refractivity contribution in [2.24, 2.45) is 11.8 Å². The van der Waals surface area contributed by atoms with Crippen LogP contribution in [0, 0.1) is 22.0 Å². The van der Waals surface area contributed by atoms with Crippen LogP contribution in [0.1, 0.15) is 30.6 Å². The van der Waals surface area contributed by atoms with Gasteiger partial charge in [0.25, 0.3) is 11.6 Å². The van der Waals surface area contributed by atoms with Gasteiger partial charge in [-0.15, -0.1) is 0 Å². The molecule has 5 nitrogen and oxygen atoms in total. The van der Waals surface area contributed by atoms with Crippen molar-refractivity contribution in [1.29, 1.82) is 0 Å². The van der Waals surface area contributed by atoms with Gasteiger partial charge in [-0.2, -0.15) is 0 Å². The molecule has 0 aromatic heterocycles. The maximum absolute atomic E-state index is 12.5. The molecule has 0 radical (unpaired) electrons. The van der Waals surface area contributed by atoms with E-state index in [4.69, 9.17) is 0 Å². The molecule has 2 rings (SSSR count). The number of hydrogen-bond acceptors (Lipinski definition) is 3. The van der Waals surface area contributed by atoms with E-state index in [-0.39, 0.29) is 11.6 Å². The Bertz CT molecular complexity index is 547. The van der Waals surface area contributed by atoms with Crippen LogP contribution in [0.5, 0.6) is 0 Å². The highest BCUT2D eigenvalue weighted by Crippen LogP contribution is 2.27. The van der Waals surface area contributed by atoms with Crippen LogP contribution < -0.4 is 0 Å².